The zero-order valence-corrected chi connectivity index (χ0v) is 16.7. The zero-order valence-electron chi connectivity index (χ0n) is 13.5. The normalized spacial score (nSPS) is 27.0. The summed E-state index contributed by atoms with van der Waals surface area (Å²) in [5, 5.41) is 0.553. The Morgan fingerprint density at radius 1 is 1.33 bits per heavy atom. The first-order chi connectivity index (χ1) is 11.2. The van der Waals surface area contributed by atoms with E-state index in [0.717, 1.165) is 10.2 Å². The molecule has 2 atom stereocenters. The number of hydrogen-bond donors (Lipinski definition) is 0. The highest BCUT2D eigenvalue weighted by molar-refractivity contribution is 9.10. The molecule has 2 aliphatic rings. The van der Waals surface area contributed by atoms with E-state index in [4.69, 9.17) is 0 Å². The second kappa shape index (κ2) is 6.80. The fourth-order valence-corrected chi connectivity index (χ4v) is 7.17. The third-order valence-corrected chi connectivity index (χ3v) is 7.71. The molecule has 1 amide bonds. The Bertz CT molecular complexity index is 775. The van der Waals surface area contributed by atoms with Crippen molar-refractivity contribution in [1.29, 1.82) is 0 Å². The van der Waals surface area contributed by atoms with Crippen LogP contribution in [0.25, 0.3) is 0 Å². The van der Waals surface area contributed by atoms with Crippen LogP contribution in [0, 0.1) is 5.92 Å². The van der Waals surface area contributed by atoms with Gasteiger partial charge in [0.1, 0.15) is 0 Å². The molecule has 2 saturated heterocycles. The first kappa shape index (κ1) is 17.9. The molecule has 24 heavy (non-hydrogen) atoms. The highest BCUT2D eigenvalue weighted by Gasteiger charge is 2.49. The summed E-state index contributed by atoms with van der Waals surface area (Å²) < 4.78 is 24.9. The Hall–Kier alpha value is -0.860. The van der Waals surface area contributed by atoms with Crippen molar-refractivity contribution in [3.8, 4) is 0 Å². The van der Waals surface area contributed by atoms with Crippen LogP contribution in [-0.4, -0.2) is 42.3 Å². The molecule has 0 unspecified atom stereocenters. The minimum Gasteiger partial charge on any atom is -0.316 e. The fraction of sp³-hybridized carbons (Fsp3) is 0.500. The summed E-state index contributed by atoms with van der Waals surface area (Å²) in [6.07, 6.45) is 0.395. The first-order valence-electron chi connectivity index (χ1n) is 7.78. The van der Waals surface area contributed by atoms with E-state index in [1.54, 1.807) is 0 Å². The second-order valence-electron chi connectivity index (χ2n) is 6.53. The monoisotopic (exact) mass is 430 g/mol. The average Bonchev–Trinajstić information content (AvgIpc) is 2.90. The Labute approximate surface area is 155 Å². The molecule has 0 aliphatic carbocycles. The van der Waals surface area contributed by atoms with Gasteiger partial charge in [0.15, 0.2) is 15.0 Å². The van der Waals surface area contributed by atoms with E-state index in [-0.39, 0.29) is 34.6 Å². The molecule has 0 radical (unpaired) electrons. The van der Waals surface area contributed by atoms with Gasteiger partial charge >= 0.3 is 0 Å². The quantitative estimate of drug-likeness (QED) is 0.736. The van der Waals surface area contributed by atoms with Crippen LogP contribution in [0.1, 0.15) is 20.3 Å². The summed E-state index contributed by atoms with van der Waals surface area (Å²) in [5.74, 6) is 0.344. The minimum atomic E-state index is -3.04. The van der Waals surface area contributed by atoms with Gasteiger partial charge in [0, 0.05) is 21.8 Å². The van der Waals surface area contributed by atoms with E-state index in [0.29, 0.717) is 11.6 Å². The van der Waals surface area contributed by atoms with Gasteiger partial charge in [0.2, 0.25) is 5.91 Å². The van der Waals surface area contributed by atoms with Crippen LogP contribution < -0.4 is 4.90 Å². The number of carbonyl (C=O) groups is 1. The van der Waals surface area contributed by atoms with Crippen molar-refractivity contribution in [2.45, 2.75) is 31.6 Å². The molecule has 2 aliphatic heterocycles. The van der Waals surface area contributed by atoms with Crippen molar-refractivity contribution in [1.82, 2.24) is 0 Å². The van der Waals surface area contributed by atoms with Crippen molar-refractivity contribution in [3.05, 3.63) is 28.7 Å². The Balaban J connectivity index is 1.95. The Morgan fingerprint density at radius 2 is 2.00 bits per heavy atom. The van der Waals surface area contributed by atoms with Gasteiger partial charge in [-0.1, -0.05) is 41.5 Å². The van der Waals surface area contributed by atoms with Gasteiger partial charge in [-0.25, -0.2) is 8.42 Å². The number of benzene rings is 1. The highest BCUT2D eigenvalue weighted by Crippen LogP contribution is 2.41. The number of hydrogen-bond acceptors (Lipinski definition) is 4. The number of fused-ring (bicyclic) bond motifs is 1. The maximum absolute atomic E-state index is 12.1. The summed E-state index contributed by atoms with van der Waals surface area (Å²) in [7, 11) is -3.04. The van der Waals surface area contributed by atoms with Crippen molar-refractivity contribution in [3.63, 3.8) is 0 Å². The van der Waals surface area contributed by atoms with E-state index in [1.807, 2.05) is 43.0 Å². The summed E-state index contributed by atoms with van der Waals surface area (Å²) in [5.41, 5.74) is 0.867. The SMILES string of the molecule is CC(C)CC(=O)N=C1S[C@H]2CS(=O)(=O)C[C@H]2N1c1ccc(Br)cc1. The summed E-state index contributed by atoms with van der Waals surface area (Å²) in [4.78, 5) is 18.3. The lowest BCUT2D eigenvalue weighted by atomic mass is 10.1. The number of amides is 1. The lowest BCUT2D eigenvalue weighted by Crippen LogP contribution is -2.37. The van der Waals surface area contributed by atoms with Gasteiger partial charge < -0.3 is 4.90 Å². The van der Waals surface area contributed by atoms with E-state index >= 15 is 0 Å². The van der Waals surface area contributed by atoms with Crippen LogP contribution in [0.15, 0.2) is 33.7 Å². The number of anilines is 1. The van der Waals surface area contributed by atoms with Crippen LogP contribution in [0.3, 0.4) is 0 Å². The van der Waals surface area contributed by atoms with Gasteiger partial charge in [-0.15, -0.1) is 0 Å². The lowest BCUT2D eigenvalue weighted by molar-refractivity contribution is -0.118. The van der Waals surface area contributed by atoms with Crippen molar-refractivity contribution < 1.29 is 13.2 Å². The summed E-state index contributed by atoms with van der Waals surface area (Å²) in [6.45, 7) is 3.96. The van der Waals surface area contributed by atoms with E-state index in [1.165, 1.54) is 11.8 Å². The third-order valence-electron chi connectivity index (χ3n) is 3.97. The number of sulfone groups is 1. The molecule has 1 aromatic rings. The predicted octanol–water partition coefficient (Wildman–Crippen LogP) is 3.10. The second-order valence-corrected chi connectivity index (χ2v) is 10.8. The van der Waals surface area contributed by atoms with Crippen LogP contribution in [-0.2, 0) is 14.6 Å². The molecule has 1 aromatic carbocycles. The molecule has 130 valence electrons. The lowest BCUT2D eigenvalue weighted by Gasteiger charge is -2.24. The predicted molar refractivity (Wildman–Crippen MR) is 102 cm³/mol. The number of rotatable bonds is 3. The van der Waals surface area contributed by atoms with Crippen LogP contribution >= 0.6 is 27.7 Å². The molecular formula is C16H19BrN2O3S2. The van der Waals surface area contributed by atoms with E-state index in [2.05, 4.69) is 20.9 Å². The van der Waals surface area contributed by atoms with E-state index < -0.39 is 9.84 Å². The third kappa shape index (κ3) is 3.86. The molecule has 2 heterocycles. The number of nitrogens with zero attached hydrogens (tertiary/aromatic N) is 2. The molecule has 3 rings (SSSR count). The highest BCUT2D eigenvalue weighted by atomic mass is 79.9. The minimum absolute atomic E-state index is 0.0655. The Morgan fingerprint density at radius 3 is 2.62 bits per heavy atom. The maximum atomic E-state index is 12.1. The maximum Gasteiger partial charge on any atom is 0.248 e. The molecule has 0 saturated carbocycles. The number of aliphatic imine (C=N–C) groups is 1. The van der Waals surface area contributed by atoms with Gasteiger partial charge in [-0.2, -0.15) is 4.99 Å². The number of thioether (sulfide) groups is 1. The first-order valence-corrected chi connectivity index (χ1v) is 11.3. The van der Waals surface area contributed by atoms with Crippen molar-refractivity contribution in [2.75, 3.05) is 16.4 Å². The Kier molecular flexibility index (Phi) is 5.09. The zero-order chi connectivity index (χ0) is 17.5. The topological polar surface area (TPSA) is 66.8 Å². The average molecular weight is 431 g/mol. The van der Waals surface area contributed by atoms with Gasteiger partial charge in [0.25, 0.3) is 0 Å². The molecule has 8 heteroatoms. The van der Waals surface area contributed by atoms with Crippen LogP contribution in [0.4, 0.5) is 5.69 Å². The molecule has 0 N–H and O–H groups in total. The smallest absolute Gasteiger partial charge is 0.248 e. The molecule has 0 aromatic heterocycles. The molecule has 0 bridgehead atoms. The molecule has 5 nitrogen and oxygen atoms in total. The molecule has 0 spiro atoms. The summed E-state index contributed by atoms with van der Waals surface area (Å²) in [6, 6.07) is 7.49. The van der Waals surface area contributed by atoms with Crippen molar-refractivity contribution in [2.24, 2.45) is 10.9 Å². The number of halogens is 1. The van der Waals surface area contributed by atoms with Crippen molar-refractivity contribution >= 4 is 54.3 Å². The summed E-state index contributed by atoms with van der Waals surface area (Å²) >= 11 is 4.82. The fourth-order valence-electron chi connectivity index (χ4n) is 2.97. The van der Waals surface area contributed by atoms with E-state index in [9.17, 15) is 13.2 Å². The molecular weight excluding hydrogens is 412 g/mol. The van der Waals surface area contributed by atoms with Crippen LogP contribution in [0.5, 0.6) is 0 Å². The largest absolute Gasteiger partial charge is 0.316 e. The number of amidine groups is 1. The standard InChI is InChI=1S/C16H19BrN2O3S2/c1-10(2)7-15(20)18-16-19(12-5-3-11(17)4-6-12)13-8-24(21,22)9-14(13)23-16/h3-6,10,13-14H,7-9H2,1-2H3/t13-,14+/m1/s1. The van der Waals surface area contributed by atoms with Gasteiger partial charge in [0.05, 0.1) is 17.5 Å². The number of carbonyl (C=O) groups excluding carboxylic acids is 1. The molecule has 2 fully saturated rings. The van der Waals surface area contributed by atoms with Crippen LogP contribution in [0.2, 0.25) is 0 Å². The van der Waals surface area contributed by atoms with Gasteiger partial charge in [-0.05, 0) is 30.2 Å². The van der Waals surface area contributed by atoms with Gasteiger partial charge in [-0.3, -0.25) is 4.79 Å².